The number of hydrogen-bond donors (Lipinski definition) is 2. The summed E-state index contributed by atoms with van der Waals surface area (Å²) in [6.45, 7) is 2.20. The molecule has 86 valence electrons. The van der Waals surface area contributed by atoms with Gasteiger partial charge in [-0.15, -0.1) is 5.10 Å². The highest BCUT2D eigenvalue weighted by Crippen LogP contribution is 2.37. The third-order valence-electron chi connectivity index (χ3n) is 3.38. The summed E-state index contributed by atoms with van der Waals surface area (Å²) in [5, 5.41) is 9.76. The van der Waals surface area contributed by atoms with Crippen molar-refractivity contribution in [3.63, 3.8) is 0 Å². The van der Waals surface area contributed by atoms with E-state index < -0.39 is 0 Å². The van der Waals surface area contributed by atoms with Crippen molar-refractivity contribution < 1.29 is 4.79 Å². The van der Waals surface area contributed by atoms with Crippen molar-refractivity contribution in [1.82, 2.24) is 20.5 Å². The standard InChI is InChI=1S/C11H16N4O/c1-6-4-8(5-6)12-11(16)10-13-9(14-15-10)7-2-3-7/h6-8H,2-5H2,1H3,(H,12,16)(H,13,14,15). The van der Waals surface area contributed by atoms with Crippen LogP contribution < -0.4 is 5.32 Å². The minimum absolute atomic E-state index is 0.139. The highest BCUT2D eigenvalue weighted by atomic mass is 16.2. The maximum atomic E-state index is 11.8. The van der Waals surface area contributed by atoms with Crippen molar-refractivity contribution in [3.05, 3.63) is 11.6 Å². The van der Waals surface area contributed by atoms with E-state index in [4.69, 9.17) is 0 Å². The van der Waals surface area contributed by atoms with Crippen LogP contribution in [-0.4, -0.2) is 27.1 Å². The molecule has 2 fully saturated rings. The Labute approximate surface area is 94.0 Å². The van der Waals surface area contributed by atoms with Gasteiger partial charge in [-0.25, -0.2) is 4.98 Å². The van der Waals surface area contributed by atoms with Crippen LogP contribution in [0.25, 0.3) is 0 Å². The van der Waals surface area contributed by atoms with Crippen molar-refractivity contribution in [3.8, 4) is 0 Å². The monoisotopic (exact) mass is 220 g/mol. The van der Waals surface area contributed by atoms with Gasteiger partial charge < -0.3 is 5.32 Å². The topological polar surface area (TPSA) is 70.7 Å². The highest BCUT2D eigenvalue weighted by molar-refractivity contribution is 5.90. The number of rotatable bonds is 3. The number of amides is 1. The summed E-state index contributed by atoms with van der Waals surface area (Å²) < 4.78 is 0. The molecular formula is C11H16N4O. The molecule has 0 spiro atoms. The Kier molecular flexibility index (Phi) is 2.19. The van der Waals surface area contributed by atoms with Gasteiger partial charge in [0.15, 0.2) is 0 Å². The predicted molar refractivity (Wildman–Crippen MR) is 58.0 cm³/mol. The zero-order valence-electron chi connectivity index (χ0n) is 9.36. The van der Waals surface area contributed by atoms with Gasteiger partial charge in [0, 0.05) is 12.0 Å². The van der Waals surface area contributed by atoms with Crippen molar-refractivity contribution >= 4 is 5.91 Å². The Bertz CT molecular complexity index is 404. The molecule has 5 nitrogen and oxygen atoms in total. The lowest BCUT2D eigenvalue weighted by Crippen LogP contribution is -2.43. The minimum Gasteiger partial charge on any atom is -0.347 e. The molecule has 2 N–H and O–H groups in total. The number of nitrogens with zero attached hydrogens (tertiary/aromatic N) is 2. The molecule has 0 saturated heterocycles. The van der Waals surface area contributed by atoms with E-state index in [1.807, 2.05) is 0 Å². The number of hydrogen-bond acceptors (Lipinski definition) is 3. The van der Waals surface area contributed by atoms with Gasteiger partial charge in [-0.05, 0) is 31.6 Å². The minimum atomic E-state index is -0.139. The number of H-pyrrole nitrogens is 1. The van der Waals surface area contributed by atoms with Crippen molar-refractivity contribution in [1.29, 1.82) is 0 Å². The molecule has 1 aromatic rings. The first-order chi connectivity index (χ1) is 7.72. The normalized spacial score (nSPS) is 28.6. The lowest BCUT2D eigenvalue weighted by molar-refractivity contribution is 0.0885. The maximum absolute atomic E-state index is 11.8. The fraction of sp³-hybridized carbons (Fsp3) is 0.727. The molecule has 3 rings (SSSR count). The highest BCUT2D eigenvalue weighted by Gasteiger charge is 2.30. The second-order valence-corrected chi connectivity index (χ2v) is 5.07. The van der Waals surface area contributed by atoms with Gasteiger partial charge in [-0.3, -0.25) is 9.89 Å². The fourth-order valence-electron chi connectivity index (χ4n) is 2.19. The summed E-state index contributed by atoms with van der Waals surface area (Å²) in [7, 11) is 0. The van der Waals surface area contributed by atoms with Crippen molar-refractivity contribution in [2.75, 3.05) is 0 Å². The molecule has 0 radical (unpaired) electrons. The van der Waals surface area contributed by atoms with E-state index in [2.05, 4.69) is 27.4 Å². The molecular weight excluding hydrogens is 204 g/mol. The third kappa shape index (κ3) is 1.81. The van der Waals surface area contributed by atoms with Gasteiger partial charge in [-0.1, -0.05) is 6.92 Å². The lowest BCUT2D eigenvalue weighted by Gasteiger charge is -2.32. The molecule has 2 aliphatic rings. The Balaban J connectivity index is 1.60. The average Bonchev–Trinajstić information content (AvgIpc) is 2.94. The molecule has 0 unspecified atom stereocenters. The average molecular weight is 220 g/mol. The van der Waals surface area contributed by atoms with Gasteiger partial charge in [-0.2, -0.15) is 0 Å². The maximum Gasteiger partial charge on any atom is 0.291 e. The number of aromatic amines is 1. The molecule has 0 bridgehead atoms. The zero-order valence-corrected chi connectivity index (χ0v) is 9.36. The predicted octanol–water partition coefficient (Wildman–Crippen LogP) is 1.21. The first-order valence-corrected chi connectivity index (χ1v) is 5.95. The van der Waals surface area contributed by atoms with Crippen LogP contribution >= 0.6 is 0 Å². The molecule has 2 aliphatic carbocycles. The molecule has 0 aliphatic heterocycles. The SMILES string of the molecule is CC1CC(NC(=O)c2n[nH]c(C3CC3)n2)C1. The summed E-state index contributed by atoms with van der Waals surface area (Å²) in [5.41, 5.74) is 0. The Hall–Kier alpha value is -1.39. The number of carbonyl (C=O) groups is 1. The molecule has 2 saturated carbocycles. The van der Waals surface area contributed by atoms with Crippen LogP contribution in [0.2, 0.25) is 0 Å². The Morgan fingerprint density at radius 1 is 1.44 bits per heavy atom. The van der Waals surface area contributed by atoms with Gasteiger partial charge in [0.2, 0.25) is 5.82 Å². The van der Waals surface area contributed by atoms with Crippen LogP contribution in [0.1, 0.15) is 55.0 Å². The van der Waals surface area contributed by atoms with Crippen LogP contribution in [0, 0.1) is 5.92 Å². The summed E-state index contributed by atoms with van der Waals surface area (Å²) in [6.07, 6.45) is 4.48. The smallest absolute Gasteiger partial charge is 0.291 e. The largest absolute Gasteiger partial charge is 0.347 e. The molecule has 0 aromatic carbocycles. The van der Waals surface area contributed by atoms with E-state index in [0.717, 1.165) is 37.4 Å². The van der Waals surface area contributed by atoms with Crippen LogP contribution in [0.15, 0.2) is 0 Å². The Morgan fingerprint density at radius 2 is 2.19 bits per heavy atom. The first-order valence-electron chi connectivity index (χ1n) is 5.95. The van der Waals surface area contributed by atoms with Crippen LogP contribution in [0.4, 0.5) is 0 Å². The third-order valence-corrected chi connectivity index (χ3v) is 3.38. The molecule has 0 atom stereocenters. The van der Waals surface area contributed by atoms with Crippen molar-refractivity contribution in [2.45, 2.75) is 44.6 Å². The number of aromatic nitrogens is 3. The van der Waals surface area contributed by atoms with E-state index in [1.54, 1.807) is 0 Å². The van der Waals surface area contributed by atoms with Crippen LogP contribution in [-0.2, 0) is 0 Å². The van der Waals surface area contributed by atoms with Crippen molar-refractivity contribution in [2.24, 2.45) is 5.92 Å². The second kappa shape index (κ2) is 3.57. The summed E-state index contributed by atoms with van der Waals surface area (Å²) >= 11 is 0. The zero-order chi connectivity index (χ0) is 11.1. The molecule has 5 heteroatoms. The van der Waals surface area contributed by atoms with Gasteiger partial charge >= 0.3 is 0 Å². The Morgan fingerprint density at radius 3 is 2.81 bits per heavy atom. The molecule has 16 heavy (non-hydrogen) atoms. The van der Waals surface area contributed by atoms with E-state index in [-0.39, 0.29) is 5.91 Å². The quantitative estimate of drug-likeness (QED) is 0.804. The van der Waals surface area contributed by atoms with E-state index >= 15 is 0 Å². The van der Waals surface area contributed by atoms with Gasteiger partial charge in [0.1, 0.15) is 5.82 Å². The lowest BCUT2D eigenvalue weighted by atomic mass is 9.82. The summed E-state index contributed by atoms with van der Waals surface area (Å²) in [5.74, 6) is 2.27. The fourth-order valence-corrected chi connectivity index (χ4v) is 2.19. The molecule has 1 heterocycles. The molecule has 1 aromatic heterocycles. The number of nitrogens with one attached hydrogen (secondary N) is 2. The van der Waals surface area contributed by atoms with E-state index in [0.29, 0.717) is 17.8 Å². The van der Waals surface area contributed by atoms with Crippen LogP contribution in [0.5, 0.6) is 0 Å². The summed E-state index contributed by atoms with van der Waals surface area (Å²) in [4.78, 5) is 16.0. The number of carbonyl (C=O) groups excluding carboxylic acids is 1. The second-order valence-electron chi connectivity index (χ2n) is 5.07. The van der Waals surface area contributed by atoms with Gasteiger partial charge in [0.05, 0.1) is 0 Å². The van der Waals surface area contributed by atoms with Crippen LogP contribution in [0.3, 0.4) is 0 Å². The van der Waals surface area contributed by atoms with Gasteiger partial charge in [0.25, 0.3) is 5.91 Å². The van der Waals surface area contributed by atoms with E-state index in [9.17, 15) is 4.79 Å². The first kappa shape index (κ1) is 9.81. The molecule has 1 amide bonds. The van der Waals surface area contributed by atoms with E-state index in [1.165, 1.54) is 0 Å². The summed E-state index contributed by atoms with van der Waals surface area (Å²) in [6, 6.07) is 0.324.